The SMILES string of the molecule is COC(=O)CC(C)NC(=O)Cn1c(SC(F)F)nc2ccccc21. The highest BCUT2D eigenvalue weighted by molar-refractivity contribution is 7.99. The molecule has 1 aromatic carbocycles. The zero-order valence-corrected chi connectivity index (χ0v) is 14.0. The minimum Gasteiger partial charge on any atom is -0.469 e. The Hall–Kier alpha value is -2.16. The summed E-state index contributed by atoms with van der Waals surface area (Å²) >= 11 is 0.290. The minimum atomic E-state index is -2.64. The van der Waals surface area contributed by atoms with Crippen LogP contribution in [0.25, 0.3) is 11.0 Å². The largest absolute Gasteiger partial charge is 0.469 e. The van der Waals surface area contributed by atoms with Crippen LogP contribution in [-0.4, -0.2) is 40.3 Å². The van der Waals surface area contributed by atoms with Crippen molar-refractivity contribution in [3.63, 3.8) is 0 Å². The van der Waals surface area contributed by atoms with Crippen molar-refractivity contribution in [1.29, 1.82) is 0 Å². The van der Waals surface area contributed by atoms with Gasteiger partial charge < -0.3 is 14.6 Å². The quantitative estimate of drug-likeness (QED) is 0.609. The Bertz CT molecular complexity index is 736. The normalized spacial score (nSPS) is 12.4. The van der Waals surface area contributed by atoms with Crippen molar-refractivity contribution in [3.05, 3.63) is 24.3 Å². The van der Waals surface area contributed by atoms with Gasteiger partial charge in [0.15, 0.2) is 5.16 Å². The van der Waals surface area contributed by atoms with Gasteiger partial charge in [-0.2, -0.15) is 8.78 Å². The molecule has 24 heavy (non-hydrogen) atoms. The van der Waals surface area contributed by atoms with Crippen LogP contribution < -0.4 is 5.32 Å². The molecule has 0 saturated carbocycles. The van der Waals surface area contributed by atoms with Gasteiger partial charge in [-0.25, -0.2) is 4.98 Å². The van der Waals surface area contributed by atoms with E-state index in [1.807, 2.05) is 0 Å². The maximum Gasteiger partial charge on any atom is 0.307 e. The van der Waals surface area contributed by atoms with Gasteiger partial charge in [0.1, 0.15) is 6.54 Å². The average molecular weight is 357 g/mol. The molecule has 130 valence electrons. The molecule has 1 amide bonds. The number of carbonyl (C=O) groups is 2. The standard InChI is InChI=1S/C15H17F2N3O3S/c1-9(7-13(22)23-2)18-12(21)8-20-11-6-4-3-5-10(11)19-15(20)24-14(16)17/h3-6,9,14H,7-8H2,1-2H3,(H,18,21). The van der Waals surface area contributed by atoms with E-state index in [4.69, 9.17) is 0 Å². The van der Waals surface area contributed by atoms with Gasteiger partial charge in [-0.15, -0.1) is 0 Å². The molecular formula is C15H17F2N3O3S. The van der Waals surface area contributed by atoms with Crippen LogP contribution in [0.4, 0.5) is 8.78 Å². The van der Waals surface area contributed by atoms with Gasteiger partial charge in [0.05, 0.1) is 24.6 Å². The van der Waals surface area contributed by atoms with Crippen molar-refractivity contribution >= 4 is 34.7 Å². The second-order valence-corrected chi connectivity index (χ2v) is 6.05. The topological polar surface area (TPSA) is 73.2 Å². The van der Waals surface area contributed by atoms with Gasteiger partial charge in [0.25, 0.3) is 5.76 Å². The third kappa shape index (κ3) is 4.67. The molecule has 6 nitrogen and oxygen atoms in total. The number of amides is 1. The van der Waals surface area contributed by atoms with E-state index in [0.29, 0.717) is 22.8 Å². The summed E-state index contributed by atoms with van der Waals surface area (Å²) in [4.78, 5) is 27.5. The Morgan fingerprint density at radius 3 is 2.75 bits per heavy atom. The lowest BCUT2D eigenvalue weighted by atomic mass is 10.2. The molecule has 0 saturated heterocycles. The highest BCUT2D eigenvalue weighted by Gasteiger charge is 2.19. The van der Waals surface area contributed by atoms with E-state index >= 15 is 0 Å². The fourth-order valence-corrected chi connectivity index (χ4v) is 2.82. The Kier molecular flexibility index (Phi) is 6.13. The zero-order valence-electron chi connectivity index (χ0n) is 13.2. The molecule has 0 aliphatic carbocycles. The Balaban J connectivity index is 2.15. The molecule has 0 aliphatic rings. The molecule has 1 N–H and O–H groups in total. The van der Waals surface area contributed by atoms with E-state index in [-0.39, 0.29) is 18.1 Å². The van der Waals surface area contributed by atoms with Crippen LogP contribution in [0.5, 0.6) is 0 Å². The summed E-state index contributed by atoms with van der Waals surface area (Å²) in [5.74, 6) is -3.47. The molecule has 1 atom stereocenters. The number of imidazole rings is 1. The molecule has 0 spiro atoms. The molecule has 1 unspecified atom stereocenters. The molecule has 0 aliphatic heterocycles. The van der Waals surface area contributed by atoms with E-state index in [1.54, 1.807) is 31.2 Å². The molecule has 0 fully saturated rings. The fourth-order valence-electron chi connectivity index (χ4n) is 2.22. The number of hydrogen-bond donors (Lipinski definition) is 1. The number of carbonyl (C=O) groups excluding carboxylic acids is 2. The third-order valence-corrected chi connectivity index (χ3v) is 3.92. The molecular weight excluding hydrogens is 340 g/mol. The summed E-state index contributed by atoms with van der Waals surface area (Å²) in [7, 11) is 1.27. The van der Waals surface area contributed by atoms with Gasteiger partial charge in [0.2, 0.25) is 5.91 Å². The number of aromatic nitrogens is 2. The van der Waals surface area contributed by atoms with E-state index in [2.05, 4.69) is 15.0 Å². The van der Waals surface area contributed by atoms with Crippen LogP contribution in [0, 0.1) is 0 Å². The Morgan fingerprint density at radius 2 is 2.08 bits per heavy atom. The number of para-hydroxylation sites is 2. The number of rotatable bonds is 7. The van der Waals surface area contributed by atoms with Gasteiger partial charge >= 0.3 is 5.97 Å². The predicted molar refractivity (Wildman–Crippen MR) is 85.8 cm³/mol. The second-order valence-electron chi connectivity index (χ2n) is 5.10. The lowest BCUT2D eigenvalue weighted by Gasteiger charge is -2.14. The number of thioether (sulfide) groups is 1. The van der Waals surface area contributed by atoms with E-state index < -0.39 is 23.7 Å². The van der Waals surface area contributed by atoms with Crippen molar-refractivity contribution < 1.29 is 23.1 Å². The maximum atomic E-state index is 12.7. The van der Waals surface area contributed by atoms with Crippen LogP contribution in [0.15, 0.2) is 29.4 Å². The number of nitrogens with one attached hydrogen (secondary N) is 1. The number of fused-ring (bicyclic) bond motifs is 1. The maximum absolute atomic E-state index is 12.7. The summed E-state index contributed by atoms with van der Waals surface area (Å²) in [5, 5.41) is 2.71. The smallest absolute Gasteiger partial charge is 0.307 e. The van der Waals surface area contributed by atoms with Gasteiger partial charge in [-0.1, -0.05) is 12.1 Å². The number of hydrogen-bond acceptors (Lipinski definition) is 5. The predicted octanol–water partition coefficient (Wildman–Crippen LogP) is 2.42. The van der Waals surface area contributed by atoms with Gasteiger partial charge in [-0.05, 0) is 30.8 Å². The van der Waals surface area contributed by atoms with Crippen molar-refractivity contribution in [2.45, 2.75) is 36.8 Å². The number of benzene rings is 1. The number of esters is 1. The lowest BCUT2D eigenvalue weighted by molar-refractivity contribution is -0.141. The Morgan fingerprint density at radius 1 is 1.38 bits per heavy atom. The Labute approximate surface area is 141 Å². The van der Waals surface area contributed by atoms with E-state index in [0.717, 1.165) is 0 Å². The first-order chi connectivity index (χ1) is 11.4. The van der Waals surface area contributed by atoms with E-state index in [1.165, 1.54) is 11.7 Å². The van der Waals surface area contributed by atoms with Gasteiger partial charge in [0, 0.05) is 6.04 Å². The first kappa shape index (κ1) is 18.2. The molecule has 9 heteroatoms. The van der Waals surface area contributed by atoms with Crippen molar-refractivity contribution in [2.24, 2.45) is 0 Å². The van der Waals surface area contributed by atoms with Crippen LogP contribution in [0.1, 0.15) is 13.3 Å². The molecule has 0 radical (unpaired) electrons. The van der Waals surface area contributed by atoms with Crippen LogP contribution >= 0.6 is 11.8 Å². The second kappa shape index (κ2) is 8.09. The third-order valence-electron chi connectivity index (χ3n) is 3.22. The number of ether oxygens (including phenoxy) is 1. The number of alkyl halides is 2. The summed E-state index contributed by atoms with van der Waals surface area (Å²) < 4.78 is 31.4. The van der Waals surface area contributed by atoms with Crippen LogP contribution in [-0.2, 0) is 20.9 Å². The summed E-state index contributed by atoms with van der Waals surface area (Å²) in [5.41, 5.74) is 1.13. The molecule has 2 rings (SSSR count). The summed E-state index contributed by atoms with van der Waals surface area (Å²) in [6.45, 7) is 1.50. The number of methoxy groups -OCH3 is 1. The monoisotopic (exact) mass is 357 g/mol. The number of halogens is 2. The highest BCUT2D eigenvalue weighted by atomic mass is 32.2. The van der Waals surface area contributed by atoms with Crippen LogP contribution in [0.2, 0.25) is 0 Å². The molecule has 1 heterocycles. The van der Waals surface area contributed by atoms with Crippen LogP contribution in [0.3, 0.4) is 0 Å². The van der Waals surface area contributed by atoms with Gasteiger partial charge in [-0.3, -0.25) is 9.59 Å². The highest BCUT2D eigenvalue weighted by Crippen LogP contribution is 2.28. The van der Waals surface area contributed by atoms with Crippen molar-refractivity contribution in [3.8, 4) is 0 Å². The number of nitrogens with zero attached hydrogens (tertiary/aromatic N) is 2. The lowest BCUT2D eigenvalue weighted by Crippen LogP contribution is -2.36. The molecule has 2 aromatic rings. The first-order valence-electron chi connectivity index (χ1n) is 7.17. The first-order valence-corrected chi connectivity index (χ1v) is 8.05. The minimum absolute atomic E-state index is 0.0333. The average Bonchev–Trinajstić information content (AvgIpc) is 2.83. The fraction of sp³-hybridized carbons (Fsp3) is 0.400. The van der Waals surface area contributed by atoms with Crippen molar-refractivity contribution in [1.82, 2.24) is 14.9 Å². The summed E-state index contributed by atoms with van der Waals surface area (Å²) in [6, 6.07) is 6.47. The molecule has 1 aromatic heterocycles. The molecule has 0 bridgehead atoms. The van der Waals surface area contributed by atoms with E-state index in [9.17, 15) is 18.4 Å². The zero-order chi connectivity index (χ0) is 17.7. The van der Waals surface area contributed by atoms with Crippen molar-refractivity contribution in [2.75, 3.05) is 7.11 Å². The summed E-state index contributed by atoms with van der Waals surface area (Å²) in [6.07, 6.45) is 0.0333.